The topological polar surface area (TPSA) is 71.1 Å². The van der Waals surface area contributed by atoms with E-state index in [1.54, 1.807) is 32.4 Å². The van der Waals surface area contributed by atoms with Crippen LogP contribution in [0.4, 0.5) is 0 Å². The lowest BCUT2D eigenvalue weighted by atomic mass is 9.91. The lowest BCUT2D eigenvalue weighted by molar-refractivity contribution is -0.135. The minimum absolute atomic E-state index is 0.0504. The fourth-order valence-electron chi connectivity index (χ4n) is 4.64. The highest BCUT2D eigenvalue weighted by Gasteiger charge is 2.58. The van der Waals surface area contributed by atoms with E-state index in [-0.39, 0.29) is 23.1 Å². The first-order valence-electron chi connectivity index (χ1n) is 10.1. The average Bonchev–Trinajstić information content (AvgIpc) is 3.45. The maximum absolute atomic E-state index is 12.9. The molecule has 152 valence electrons. The quantitative estimate of drug-likeness (QED) is 0.845. The van der Waals surface area contributed by atoms with Crippen molar-refractivity contribution in [2.75, 3.05) is 53.5 Å². The van der Waals surface area contributed by atoms with Gasteiger partial charge in [0.2, 0.25) is 5.91 Å². The van der Waals surface area contributed by atoms with Crippen LogP contribution < -0.4 is 14.8 Å². The number of rotatable bonds is 4. The second-order valence-corrected chi connectivity index (χ2v) is 8.09. The fourth-order valence-corrected chi connectivity index (χ4v) is 4.64. The predicted octanol–water partition coefficient (Wildman–Crippen LogP) is 1.38. The van der Waals surface area contributed by atoms with Crippen LogP contribution in [0.5, 0.6) is 11.5 Å². The number of hydrogen-bond donors (Lipinski definition) is 1. The summed E-state index contributed by atoms with van der Waals surface area (Å²) < 4.78 is 10.5. The molecule has 1 aromatic rings. The molecule has 4 rings (SSSR count). The van der Waals surface area contributed by atoms with E-state index >= 15 is 0 Å². The van der Waals surface area contributed by atoms with Crippen molar-refractivity contribution < 1.29 is 19.1 Å². The Morgan fingerprint density at radius 2 is 1.54 bits per heavy atom. The van der Waals surface area contributed by atoms with Gasteiger partial charge in [-0.1, -0.05) is 0 Å². The Morgan fingerprint density at radius 1 is 0.964 bits per heavy atom. The molecule has 1 spiro atoms. The van der Waals surface area contributed by atoms with Crippen LogP contribution in [0, 0.1) is 11.3 Å². The van der Waals surface area contributed by atoms with Gasteiger partial charge >= 0.3 is 0 Å². The van der Waals surface area contributed by atoms with Gasteiger partial charge in [-0.15, -0.1) is 0 Å². The lowest BCUT2D eigenvalue weighted by Gasteiger charge is -2.35. The van der Waals surface area contributed by atoms with Gasteiger partial charge in [0, 0.05) is 43.7 Å². The summed E-state index contributed by atoms with van der Waals surface area (Å²) in [5, 5.41) is 3.38. The van der Waals surface area contributed by atoms with Gasteiger partial charge in [0.15, 0.2) is 0 Å². The normalized spacial score (nSPS) is 23.4. The number of piperidine rings is 1. The van der Waals surface area contributed by atoms with Crippen LogP contribution in [0.2, 0.25) is 0 Å². The minimum atomic E-state index is -0.0504. The summed E-state index contributed by atoms with van der Waals surface area (Å²) >= 11 is 0. The Hall–Kier alpha value is -2.28. The lowest BCUT2D eigenvalue weighted by Crippen LogP contribution is -2.51. The Labute approximate surface area is 166 Å². The summed E-state index contributed by atoms with van der Waals surface area (Å²) in [7, 11) is 3.14. The largest absolute Gasteiger partial charge is 0.497 e. The third kappa shape index (κ3) is 3.55. The Balaban J connectivity index is 1.35. The molecule has 7 nitrogen and oxygen atoms in total. The Bertz CT molecular complexity index is 730. The Morgan fingerprint density at radius 3 is 2.11 bits per heavy atom. The molecule has 0 aromatic heterocycles. The third-order valence-electron chi connectivity index (χ3n) is 6.56. The monoisotopic (exact) mass is 387 g/mol. The molecule has 1 aromatic carbocycles. The number of nitrogens with zero attached hydrogens (tertiary/aromatic N) is 2. The summed E-state index contributed by atoms with van der Waals surface area (Å²) in [4.78, 5) is 29.6. The van der Waals surface area contributed by atoms with Gasteiger partial charge in [0.1, 0.15) is 11.5 Å². The van der Waals surface area contributed by atoms with Gasteiger partial charge in [-0.2, -0.15) is 0 Å². The van der Waals surface area contributed by atoms with Crippen LogP contribution in [0.25, 0.3) is 0 Å². The van der Waals surface area contributed by atoms with E-state index in [9.17, 15) is 9.59 Å². The van der Waals surface area contributed by atoms with Gasteiger partial charge in [-0.3, -0.25) is 9.59 Å². The van der Waals surface area contributed by atoms with E-state index < -0.39 is 0 Å². The van der Waals surface area contributed by atoms with Crippen LogP contribution in [-0.2, 0) is 4.79 Å². The average molecular weight is 387 g/mol. The number of hydrogen-bond acceptors (Lipinski definition) is 5. The molecule has 0 radical (unpaired) electrons. The van der Waals surface area contributed by atoms with E-state index in [0.717, 1.165) is 32.4 Å². The molecule has 2 saturated heterocycles. The molecule has 1 atom stereocenters. The van der Waals surface area contributed by atoms with Crippen molar-refractivity contribution in [3.05, 3.63) is 23.8 Å². The summed E-state index contributed by atoms with van der Waals surface area (Å²) in [6.45, 7) is 4.38. The predicted molar refractivity (Wildman–Crippen MR) is 105 cm³/mol. The van der Waals surface area contributed by atoms with Crippen LogP contribution in [0.3, 0.4) is 0 Å². The molecule has 1 aliphatic carbocycles. The van der Waals surface area contributed by atoms with E-state index in [1.165, 1.54) is 0 Å². The van der Waals surface area contributed by atoms with Crippen molar-refractivity contribution in [3.8, 4) is 11.5 Å². The molecule has 2 heterocycles. The molecule has 0 bridgehead atoms. The molecule has 1 unspecified atom stereocenters. The first-order chi connectivity index (χ1) is 13.6. The highest BCUT2D eigenvalue weighted by molar-refractivity contribution is 5.95. The molecule has 2 amide bonds. The van der Waals surface area contributed by atoms with Crippen molar-refractivity contribution in [2.45, 2.75) is 19.3 Å². The Kier molecular flexibility index (Phi) is 5.19. The minimum Gasteiger partial charge on any atom is -0.497 e. The van der Waals surface area contributed by atoms with E-state index in [1.807, 2.05) is 9.80 Å². The zero-order valence-electron chi connectivity index (χ0n) is 16.7. The molecule has 2 aliphatic heterocycles. The second kappa shape index (κ2) is 7.62. The van der Waals surface area contributed by atoms with Crippen LogP contribution in [-0.4, -0.2) is 75.1 Å². The van der Waals surface area contributed by atoms with Gasteiger partial charge in [-0.25, -0.2) is 0 Å². The van der Waals surface area contributed by atoms with Gasteiger partial charge < -0.3 is 24.6 Å². The SMILES string of the molecule is COc1cc(OC)cc(C(=O)N2CCN(C(=O)C3CC34CCNCC4)CC2)c1. The van der Waals surface area contributed by atoms with Crippen molar-refractivity contribution >= 4 is 11.8 Å². The van der Waals surface area contributed by atoms with Crippen LogP contribution in [0.15, 0.2) is 18.2 Å². The highest BCUT2D eigenvalue weighted by atomic mass is 16.5. The van der Waals surface area contributed by atoms with E-state index in [4.69, 9.17) is 9.47 Å². The van der Waals surface area contributed by atoms with Crippen molar-refractivity contribution in [2.24, 2.45) is 11.3 Å². The fraction of sp³-hybridized carbons (Fsp3) is 0.619. The number of piperazine rings is 1. The molecule has 7 heteroatoms. The zero-order chi connectivity index (χ0) is 19.7. The second-order valence-electron chi connectivity index (χ2n) is 8.09. The first-order valence-corrected chi connectivity index (χ1v) is 10.1. The number of amides is 2. The number of carbonyl (C=O) groups is 2. The highest BCUT2D eigenvalue weighted by Crippen LogP contribution is 2.59. The van der Waals surface area contributed by atoms with Gasteiger partial charge in [0.05, 0.1) is 14.2 Å². The number of benzene rings is 1. The molecular weight excluding hydrogens is 358 g/mol. The summed E-state index contributed by atoms with van der Waals surface area (Å²) in [6.07, 6.45) is 3.26. The summed E-state index contributed by atoms with van der Waals surface area (Å²) in [6, 6.07) is 5.21. The standard InChI is InChI=1S/C21H29N3O4/c1-27-16-11-15(12-17(13-16)28-2)19(25)23-7-9-24(10-8-23)20(26)18-14-21(18)3-5-22-6-4-21/h11-13,18,22H,3-10,14H2,1-2H3. The molecule has 28 heavy (non-hydrogen) atoms. The van der Waals surface area contributed by atoms with Gasteiger partial charge in [0.25, 0.3) is 5.91 Å². The molecule has 1 saturated carbocycles. The summed E-state index contributed by atoms with van der Waals surface area (Å²) in [5.41, 5.74) is 0.804. The number of methoxy groups -OCH3 is 2. The summed E-state index contributed by atoms with van der Waals surface area (Å²) in [5.74, 6) is 1.62. The number of nitrogens with one attached hydrogen (secondary N) is 1. The smallest absolute Gasteiger partial charge is 0.254 e. The van der Waals surface area contributed by atoms with Gasteiger partial charge in [-0.05, 0) is 49.9 Å². The van der Waals surface area contributed by atoms with Crippen LogP contribution in [0.1, 0.15) is 29.6 Å². The number of ether oxygens (including phenoxy) is 2. The van der Waals surface area contributed by atoms with Crippen molar-refractivity contribution in [3.63, 3.8) is 0 Å². The van der Waals surface area contributed by atoms with E-state index in [0.29, 0.717) is 43.2 Å². The maximum atomic E-state index is 12.9. The number of carbonyl (C=O) groups excluding carboxylic acids is 2. The first kappa shape index (κ1) is 19.1. The third-order valence-corrected chi connectivity index (χ3v) is 6.56. The van der Waals surface area contributed by atoms with Crippen LogP contribution >= 0.6 is 0 Å². The van der Waals surface area contributed by atoms with Crippen molar-refractivity contribution in [1.29, 1.82) is 0 Å². The molecule has 3 aliphatic rings. The van der Waals surface area contributed by atoms with E-state index in [2.05, 4.69) is 5.32 Å². The zero-order valence-corrected chi connectivity index (χ0v) is 16.7. The molecule has 3 fully saturated rings. The van der Waals surface area contributed by atoms with Crippen molar-refractivity contribution in [1.82, 2.24) is 15.1 Å². The molecule has 1 N–H and O–H groups in total. The molecular formula is C21H29N3O4. The maximum Gasteiger partial charge on any atom is 0.254 e.